The second-order valence-corrected chi connectivity index (χ2v) is 8.15. The SMILES string of the molecule is CC(C)(C)c1ccc(Sc2ccc(CCN)cc2Br)cc1. The van der Waals surface area contributed by atoms with E-state index in [1.165, 1.54) is 20.9 Å². The molecule has 0 heterocycles. The maximum absolute atomic E-state index is 5.60. The van der Waals surface area contributed by atoms with Gasteiger partial charge in [-0.3, -0.25) is 0 Å². The number of hydrogen-bond donors (Lipinski definition) is 1. The van der Waals surface area contributed by atoms with Gasteiger partial charge >= 0.3 is 0 Å². The van der Waals surface area contributed by atoms with E-state index in [4.69, 9.17) is 5.73 Å². The van der Waals surface area contributed by atoms with Crippen molar-refractivity contribution in [2.24, 2.45) is 5.73 Å². The van der Waals surface area contributed by atoms with E-state index in [0.717, 1.165) is 10.9 Å². The zero-order valence-corrected chi connectivity index (χ0v) is 15.2. The zero-order valence-electron chi connectivity index (χ0n) is 12.8. The number of halogens is 1. The van der Waals surface area contributed by atoms with Crippen molar-refractivity contribution < 1.29 is 0 Å². The van der Waals surface area contributed by atoms with Crippen LogP contribution in [0.5, 0.6) is 0 Å². The Morgan fingerprint density at radius 1 is 1.05 bits per heavy atom. The van der Waals surface area contributed by atoms with Crippen LogP contribution < -0.4 is 5.73 Å². The average Bonchev–Trinajstić information content (AvgIpc) is 2.42. The summed E-state index contributed by atoms with van der Waals surface area (Å²) in [5.74, 6) is 0. The van der Waals surface area contributed by atoms with Crippen molar-refractivity contribution in [1.82, 2.24) is 0 Å². The van der Waals surface area contributed by atoms with Gasteiger partial charge in [-0.15, -0.1) is 0 Å². The lowest BCUT2D eigenvalue weighted by molar-refractivity contribution is 0.590. The first-order valence-electron chi connectivity index (χ1n) is 7.17. The lowest BCUT2D eigenvalue weighted by Gasteiger charge is -2.19. The molecule has 2 N–H and O–H groups in total. The van der Waals surface area contributed by atoms with E-state index in [-0.39, 0.29) is 5.41 Å². The Kier molecular flexibility index (Phi) is 5.53. The lowest BCUT2D eigenvalue weighted by Crippen LogP contribution is -2.10. The molecule has 1 nitrogen and oxygen atoms in total. The second-order valence-electron chi connectivity index (χ2n) is 6.18. The molecule has 0 aromatic heterocycles. The Morgan fingerprint density at radius 3 is 2.24 bits per heavy atom. The first-order valence-corrected chi connectivity index (χ1v) is 8.78. The van der Waals surface area contributed by atoms with Gasteiger partial charge < -0.3 is 5.73 Å². The normalized spacial score (nSPS) is 11.7. The average molecular weight is 364 g/mol. The van der Waals surface area contributed by atoms with Gasteiger partial charge in [-0.1, -0.05) is 50.7 Å². The predicted octanol–water partition coefficient (Wildman–Crippen LogP) is 5.40. The molecule has 2 rings (SSSR count). The number of nitrogens with two attached hydrogens (primary N) is 1. The molecule has 0 spiro atoms. The van der Waals surface area contributed by atoms with Crippen LogP contribution in [0.25, 0.3) is 0 Å². The van der Waals surface area contributed by atoms with Crippen LogP contribution in [-0.2, 0) is 11.8 Å². The third-order valence-electron chi connectivity index (χ3n) is 3.38. The fourth-order valence-corrected chi connectivity index (χ4v) is 3.59. The maximum atomic E-state index is 5.60. The molecule has 0 fully saturated rings. The molecule has 21 heavy (non-hydrogen) atoms. The molecule has 0 saturated carbocycles. The third kappa shape index (κ3) is 4.60. The van der Waals surface area contributed by atoms with E-state index in [0.29, 0.717) is 6.54 Å². The molecule has 0 aliphatic carbocycles. The van der Waals surface area contributed by atoms with Crippen molar-refractivity contribution in [3.63, 3.8) is 0 Å². The van der Waals surface area contributed by atoms with Gasteiger partial charge in [0.05, 0.1) is 0 Å². The van der Waals surface area contributed by atoms with Crippen LogP contribution in [0.1, 0.15) is 31.9 Å². The van der Waals surface area contributed by atoms with Crippen molar-refractivity contribution in [3.05, 3.63) is 58.1 Å². The van der Waals surface area contributed by atoms with Gasteiger partial charge in [0.1, 0.15) is 0 Å². The van der Waals surface area contributed by atoms with Crippen LogP contribution in [0, 0.1) is 0 Å². The molecule has 2 aromatic carbocycles. The summed E-state index contributed by atoms with van der Waals surface area (Å²) in [6, 6.07) is 15.3. The minimum absolute atomic E-state index is 0.202. The van der Waals surface area contributed by atoms with E-state index in [2.05, 4.69) is 79.2 Å². The minimum Gasteiger partial charge on any atom is -0.330 e. The molecule has 0 aliphatic rings. The molecule has 2 aromatic rings. The summed E-state index contributed by atoms with van der Waals surface area (Å²) in [5, 5.41) is 0. The van der Waals surface area contributed by atoms with Crippen LogP contribution in [0.3, 0.4) is 0 Å². The van der Waals surface area contributed by atoms with Gasteiger partial charge in [0.2, 0.25) is 0 Å². The van der Waals surface area contributed by atoms with E-state index >= 15 is 0 Å². The molecule has 3 heteroatoms. The summed E-state index contributed by atoms with van der Waals surface area (Å²) in [5.41, 5.74) is 8.44. The molecule has 0 saturated heterocycles. The van der Waals surface area contributed by atoms with Gasteiger partial charge in [-0.25, -0.2) is 0 Å². The quantitative estimate of drug-likeness (QED) is 0.786. The Morgan fingerprint density at radius 2 is 1.71 bits per heavy atom. The Balaban J connectivity index is 2.15. The van der Waals surface area contributed by atoms with E-state index < -0.39 is 0 Å². The predicted molar refractivity (Wildman–Crippen MR) is 96.2 cm³/mol. The molecule has 0 unspecified atom stereocenters. The van der Waals surface area contributed by atoms with Crippen LogP contribution in [-0.4, -0.2) is 6.54 Å². The first kappa shape index (κ1) is 16.6. The highest BCUT2D eigenvalue weighted by Crippen LogP contribution is 2.35. The van der Waals surface area contributed by atoms with Crippen molar-refractivity contribution in [3.8, 4) is 0 Å². The number of hydrogen-bond acceptors (Lipinski definition) is 2. The molecule has 112 valence electrons. The van der Waals surface area contributed by atoms with Gasteiger partial charge in [0, 0.05) is 14.3 Å². The molecule has 0 atom stereocenters. The van der Waals surface area contributed by atoms with Gasteiger partial charge in [0.25, 0.3) is 0 Å². The Hall–Kier alpha value is -0.770. The summed E-state index contributed by atoms with van der Waals surface area (Å²) >= 11 is 5.44. The third-order valence-corrected chi connectivity index (χ3v) is 5.38. The van der Waals surface area contributed by atoms with Gasteiger partial charge in [-0.2, -0.15) is 0 Å². The fourth-order valence-electron chi connectivity index (χ4n) is 2.10. The van der Waals surface area contributed by atoms with E-state index in [1.54, 1.807) is 11.8 Å². The molecule has 0 radical (unpaired) electrons. The van der Waals surface area contributed by atoms with Crippen LogP contribution in [0.4, 0.5) is 0 Å². The minimum atomic E-state index is 0.202. The van der Waals surface area contributed by atoms with Crippen LogP contribution in [0.2, 0.25) is 0 Å². The van der Waals surface area contributed by atoms with E-state index in [1.807, 2.05) is 0 Å². The maximum Gasteiger partial charge on any atom is 0.0317 e. The lowest BCUT2D eigenvalue weighted by atomic mass is 9.87. The molecule has 0 bridgehead atoms. The van der Waals surface area contributed by atoms with Crippen molar-refractivity contribution in [2.75, 3.05) is 6.54 Å². The second kappa shape index (κ2) is 6.99. The highest BCUT2D eigenvalue weighted by Gasteiger charge is 2.13. The summed E-state index contributed by atoms with van der Waals surface area (Å²) in [6.07, 6.45) is 0.920. The highest BCUT2D eigenvalue weighted by molar-refractivity contribution is 9.10. The first-order chi connectivity index (χ1) is 9.90. The molecular formula is C18H22BrNS. The summed E-state index contributed by atoms with van der Waals surface area (Å²) in [7, 11) is 0. The standard InChI is InChI=1S/C18H22BrNS/c1-18(2,3)14-5-7-15(8-6-14)21-17-9-4-13(10-11-20)12-16(17)19/h4-9,12H,10-11,20H2,1-3H3. The van der Waals surface area contributed by atoms with Crippen LogP contribution >= 0.6 is 27.7 Å². The van der Waals surface area contributed by atoms with E-state index in [9.17, 15) is 0 Å². The molecule has 0 aliphatic heterocycles. The smallest absolute Gasteiger partial charge is 0.0317 e. The molecule has 0 amide bonds. The number of benzene rings is 2. The van der Waals surface area contributed by atoms with Gasteiger partial charge in [-0.05, 0) is 69.7 Å². The van der Waals surface area contributed by atoms with Crippen LogP contribution in [0.15, 0.2) is 56.7 Å². The zero-order chi connectivity index (χ0) is 15.5. The summed E-state index contributed by atoms with van der Waals surface area (Å²) in [6.45, 7) is 7.40. The fraction of sp³-hybridized carbons (Fsp3) is 0.333. The largest absolute Gasteiger partial charge is 0.330 e. The monoisotopic (exact) mass is 363 g/mol. The number of rotatable bonds is 4. The van der Waals surface area contributed by atoms with Crippen molar-refractivity contribution in [1.29, 1.82) is 0 Å². The highest BCUT2D eigenvalue weighted by atomic mass is 79.9. The molecular weight excluding hydrogens is 342 g/mol. The Bertz CT molecular complexity index is 600. The van der Waals surface area contributed by atoms with Crippen molar-refractivity contribution >= 4 is 27.7 Å². The summed E-state index contributed by atoms with van der Waals surface area (Å²) in [4.78, 5) is 2.49. The Labute approximate surface area is 140 Å². The topological polar surface area (TPSA) is 26.0 Å². The summed E-state index contributed by atoms with van der Waals surface area (Å²) < 4.78 is 1.14. The van der Waals surface area contributed by atoms with Crippen molar-refractivity contribution in [2.45, 2.75) is 42.4 Å². The van der Waals surface area contributed by atoms with Gasteiger partial charge in [0.15, 0.2) is 0 Å².